The lowest BCUT2D eigenvalue weighted by molar-refractivity contribution is 0.240. The van der Waals surface area contributed by atoms with Gasteiger partial charge in [-0.3, -0.25) is 0 Å². The largest absolute Gasteiger partial charge is 0.401 e. The van der Waals surface area contributed by atoms with Crippen molar-refractivity contribution >= 4 is 18.7 Å². The van der Waals surface area contributed by atoms with Gasteiger partial charge in [0.15, 0.2) is 0 Å². The van der Waals surface area contributed by atoms with Gasteiger partial charge in [-0.2, -0.15) is 0 Å². The Labute approximate surface area is 191 Å². The minimum atomic E-state index is -2.52. The number of hydrogen-bond donors (Lipinski definition) is 0. The zero-order chi connectivity index (χ0) is 22.7. The minimum Gasteiger partial charge on any atom is -0.401 e. The molecule has 0 unspecified atom stereocenters. The molecule has 0 saturated carbocycles. The second kappa shape index (κ2) is 9.30. The zero-order valence-corrected chi connectivity index (χ0v) is 21.5. The molecule has 2 heteroatoms. The highest BCUT2D eigenvalue weighted by Crippen LogP contribution is 2.42. The third-order valence-electron chi connectivity index (χ3n) is 6.94. The van der Waals surface area contributed by atoms with Crippen LogP contribution in [0.25, 0.3) is 0 Å². The molecule has 0 amide bonds. The lowest BCUT2D eigenvalue weighted by Crippen LogP contribution is -2.67. The number of benzene rings is 2. The van der Waals surface area contributed by atoms with Crippen molar-refractivity contribution in [2.75, 3.05) is 0 Å². The maximum absolute atomic E-state index is 7.20. The van der Waals surface area contributed by atoms with Crippen LogP contribution < -0.4 is 10.4 Å². The molecule has 0 radical (unpaired) electrons. The minimum absolute atomic E-state index is 0.00225. The molecule has 1 nitrogen and oxygen atoms in total. The summed E-state index contributed by atoms with van der Waals surface area (Å²) in [6.45, 7) is 16.3. The Balaban J connectivity index is 2.01. The lowest BCUT2D eigenvalue weighted by atomic mass is 9.68. The molecule has 2 aromatic carbocycles. The van der Waals surface area contributed by atoms with Crippen LogP contribution in [0, 0.1) is 11.3 Å². The van der Waals surface area contributed by atoms with E-state index in [0.717, 1.165) is 0 Å². The molecule has 0 heterocycles. The monoisotopic (exact) mass is 432 g/mol. The second-order valence-electron chi connectivity index (χ2n) is 10.8. The summed E-state index contributed by atoms with van der Waals surface area (Å²) in [7, 11) is -2.52. The number of rotatable bonds is 6. The third kappa shape index (κ3) is 4.96. The fourth-order valence-corrected chi connectivity index (χ4v) is 9.91. The Hall–Kier alpha value is -1.90. The van der Waals surface area contributed by atoms with Gasteiger partial charge in [0.2, 0.25) is 0 Å². The van der Waals surface area contributed by atoms with Crippen molar-refractivity contribution in [3.8, 4) is 0 Å². The molecule has 2 aromatic rings. The van der Waals surface area contributed by atoms with Crippen LogP contribution in [0.5, 0.6) is 0 Å². The first kappa shape index (κ1) is 23.8. The summed E-state index contributed by atoms with van der Waals surface area (Å²) in [5.41, 5.74) is 1.79. The van der Waals surface area contributed by atoms with E-state index in [9.17, 15) is 0 Å². The number of allylic oxidation sites excluding steroid dienone is 3. The highest BCUT2D eigenvalue weighted by Gasteiger charge is 2.50. The van der Waals surface area contributed by atoms with Crippen molar-refractivity contribution in [1.29, 1.82) is 0 Å². The van der Waals surface area contributed by atoms with Crippen LogP contribution in [0.4, 0.5) is 0 Å². The molecule has 0 spiro atoms. The van der Waals surface area contributed by atoms with Gasteiger partial charge in [-0.15, -0.1) is 0 Å². The van der Waals surface area contributed by atoms with Gasteiger partial charge in [-0.1, -0.05) is 119 Å². The first-order chi connectivity index (χ1) is 14.6. The van der Waals surface area contributed by atoms with Crippen LogP contribution in [-0.4, -0.2) is 14.4 Å². The van der Waals surface area contributed by atoms with Crippen LogP contribution in [0.3, 0.4) is 0 Å². The summed E-state index contributed by atoms with van der Waals surface area (Å²) >= 11 is 0. The summed E-state index contributed by atoms with van der Waals surface area (Å²) in [5, 5.41) is 2.67. The maximum Gasteiger partial charge on any atom is 0.261 e. The molecule has 31 heavy (non-hydrogen) atoms. The zero-order valence-electron chi connectivity index (χ0n) is 20.5. The van der Waals surface area contributed by atoms with Crippen LogP contribution in [0.2, 0.25) is 5.04 Å². The molecular formula is C29H40OSi. The average molecular weight is 433 g/mol. The Kier molecular flexibility index (Phi) is 7.13. The van der Waals surface area contributed by atoms with E-state index >= 15 is 0 Å². The molecule has 0 bridgehead atoms. The molecule has 0 aromatic heterocycles. The van der Waals surface area contributed by atoms with E-state index in [1.54, 1.807) is 0 Å². The van der Waals surface area contributed by atoms with Gasteiger partial charge in [-0.05, 0) is 47.5 Å². The summed E-state index contributed by atoms with van der Waals surface area (Å²) < 4.78 is 7.20. The van der Waals surface area contributed by atoms with E-state index in [4.69, 9.17) is 4.43 Å². The van der Waals surface area contributed by atoms with E-state index in [1.165, 1.54) is 28.8 Å². The predicted octanol–water partition coefficient (Wildman–Crippen LogP) is 6.89. The Morgan fingerprint density at radius 3 is 1.94 bits per heavy atom. The van der Waals surface area contributed by atoms with Gasteiger partial charge in [0, 0.05) is 5.92 Å². The summed E-state index contributed by atoms with van der Waals surface area (Å²) in [5.74, 6) is 0.478. The van der Waals surface area contributed by atoms with Crippen molar-refractivity contribution in [2.45, 2.75) is 72.5 Å². The first-order valence-electron chi connectivity index (χ1n) is 11.7. The van der Waals surface area contributed by atoms with E-state index < -0.39 is 8.32 Å². The van der Waals surface area contributed by atoms with E-state index in [0.29, 0.717) is 11.3 Å². The third-order valence-corrected chi connectivity index (χ3v) is 12.1. The molecule has 0 N–H and O–H groups in total. The highest BCUT2D eigenvalue weighted by molar-refractivity contribution is 6.99. The quantitative estimate of drug-likeness (QED) is 0.357. The van der Waals surface area contributed by atoms with Crippen molar-refractivity contribution in [1.82, 2.24) is 0 Å². The van der Waals surface area contributed by atoms with Crippen LogP contribution >= 0.6 is 0 Å². The van der Waals surface area contributed by atoms with Crippen molar-refractivity contribution in [3.63, 3.8) is 0 Å². The molecule has 166 valence electrons. The van der Waals surface area contributed by atoms with Gasteiger partial charge in [-0.25, -0.2) is 0 Å². The Morgan fingerprint density at radius 1 is 0.968 bits per heavy atom. The topological polar surface area (TPSA) is 9.23 Å². The van der Waals surface area contributed by atoms with Crippen molar-refractivity contribution in [3.05, 3.63) is 84.5 Å². The molecule has 1 aliphatic carbocycles. The van der Waals surface area contributed by atoms with Crippen LogP contribution in [0.1, 0.15) is 61.3 Å². The molecule has 3 rings (SSSR count). The summed E-state index contributed by atoms with van der Waals surface area (Å²) in [4.78, 5) is 0. The van der Waals surface area contributed by atoms with Crippen molar-refractivity contribution < 1.29 is 4.43 Å². The number of hydrogen-bond acceptors (Lipinski definition) is 1. The van der Waals surface area contributed by atoms with E-state index in [2.05, 4.69) is 127 Å². The fraction of sp³-hybridized carbons (Fsp3) is 0.448. The summed E-state index contributed by atoms with van der Waals surface area (Å²) in [6, 6.07) is 21.8. The second-order valence-corrected chi connectivity index (χ2v) is 15.1. The van der Waals surface area contributed by atoms with Gasteiger partial charge >= 0.3 is 0 Å². The van der Waals surface area contributed by atoms with Gasteiger partial charge < -0.3 is 4.43 Å². The van der Waals surface area contributed by atoms with Gasteiger partial charge in [0.05, 0.1) is 6.10 Å². The van der Waals surface area contributed by atoms with Crippen LogP contribution in [-0.2, 0) is 4.43 Å². The maximum atomic E-state index is 7.20. The molecule has 2 atom stereocenters. The van der Waals surface area contributed by atoms with E-state index in [1.807, 2.05) is 0 Å². The van der Waals surface area contributed by atoms with Crippen LogP contribution in [0.15, 0.2) is 84.5 Å². The average Bonchev–Trinajstić information content (AvgIpc) is 2.71. The Morgan fingerprint density at radius 2 is 1.48 bits per heavy atom. The molecule has 0 saturated heterocycles. The van der Waals surface area contributed by atoms with Gasteiger partial charge in [0.1, 0.15) is 0 Å². The normalized spacial score (nSPS) is 20.5. The Bertz CT molecular complexity index is 863. The predicted molar refractivity (Wildman–Crippen MR) is 138 cm³/mol. The molecule has 0 fully saturated rings. The lowest BCUT2D eigenvalue weighted by Gasteiger charge is -2.44. The smallest absolute Gasteiger partial charge is 0.261 e. The standard InChI is InChI=1S/C29H40OSi/c1-23-15-14-22-29(6,7)27(23)21-20-24(2)30-31(28(3,4)5,25-16-10-8-11-17-25)26-18-12-9-13-19-26/h8-13,15-21,24,27H,14,22H2,1-7H3/b21-20+/t24-,27+/m0/s1. The van der Waals surface area contributed by atoms with Gasteiger partial charge in [0.25, 0.3) is 8.32 Å². The SMILES string of the molecule is CC1=CCCC(C)(C)[C@@H]1/C=C/[C@H](C)O[Si](c1ccccc1)(c1ccccc1)C(C)(C)C. The first-order valence-corrected chi connectivity index (χ1v) is 13.6. The highest BCUT2D eigenvalue weighted by atomic mass is 28.4. The molecule has 1 aliphatic rings. The fourth-order valence-electron chi connectivity index (χ4n) is 5.26. The molecular weight excluding hydrogens is 392 g/mol. The van der Waals surface area contributed by atoms with E-state index in [-0.39, 0.29) is 11.1 Å². The van der Waals surface area contributed by atoms with Crippen molar-refractivity contribution in [2.24, 2.45) is 11.3 Å². The molecule has 0 aliphatic heterocycles. The summed E-state index contributed by atoms with van der Waals surface area (Å²) in [6.07, 6.45) is 9.60.